The van der Waals surface area contributed by atoms with Gasteiger partial charge in [0.1, 0.15) is 0 Å². The second-order valence-electron chi connectivity index (χ2n) is 3.69. The van der Waals surface area contributed by atoms with Crippen molar-refractivity contribution < 1.29 is 0 Å². The topological polar surface area (TPSA) is 0 Å². The summed E-state index contributed by atoms with van der Waals surface area (Å²) in [7, 11) is 0. The average molecular weight is 164 g/mol. The van der Waals surface area contributed by atoms with Gasteiger partial charge in [0.25, 0.3) is 0 Å². The van der Waals surface area contributed by atoms with Crippen molar-refractivity contribution in [3.63, 3.8) is 0 Å². The summed E-state index contributed by atoms with van der Waals surface area (Å²) in [4.78, 5) is 0. The minimum absolute atomic E-state index is 0.892. The lowest BCUT2D eigenvalue weighted by Crippen LogP contribution is -2.02. The molecule has 0 saturated heterocycles. The van der Waals surface area contributed by atoms with E-state index in [1.54, 1.807) is 0 Å². The van der Waals surface area contributed by atoms with Gasteiger partial charge in [-0.15, -0.1) is 6.58 Å². The molecular formula is C12H20. The van der Waals surface area contributed by atoms with E-state index in [2.05, 4.69) is 18.7 Å². The number of hydrogen-bond donors (Lipinski definition) is 0. The van der Waals surface area contributed by atoms with E-state index in [1.165, 1.54) is 38.5 Å². The normalized spacial score (nSPS) is 20.0. The minimum Gasteiger partial charge on any atom is -0.103 e. The van der Waals surface area contributed by atoms with Gasteiger partial charge in [-0.2, -0.15) is 0 Å². The molecule has 0 atom stereocenters. The van der Waals surface area contributed by atoms with Crippen LogP contribution in [0.25, 0.3) is 0 Å². The van der Waals surface area contributed by atoms with Gasteiger partial charge in [0.15, 0.2) is 0 Å². The molecule has 0 aliphatic heterocycles. The summed E-state index contributed by atoms with van der Waals surface area (Å²) < 4.78 is 0. The fraction of sp³-hybridized carbons (Fsp3) is 0.667. The summed E-state index contributed by atoms with van der Waals surface area (Å²) in [6.45, 7) is 3.71. The van der Waals surface area contributed by atoms with Gasteiger partial charge in [-0.3, -0.25) is 0 Å². The van der Waals surface area contributed by atoms with Gasteiger partial charge >= 0.3 is 0 Å². The molecule has 0 nitrogen and oxygen atoms in total. The molecule has 1 rings (SSSR count). The van der Waals surface area contributed by atoms with E-state index in [9.17, 15) is 0 Å². The van der Waals surface area contributed by atoms with Crippen LogP contribution in [0.4, 0.5) is 0 Å². The zero-order chi connectivity index (χ0) is 8.65. The van der Waals surface area contributed by atoms with Crippen LogP contribution in [-0.2, 0) is 0 Å². The Labute approximate surface area is 76.4 Å². The third kappa shape index (κ3) is 3.75. The van der Waals surface area contributed by atoms with E-state index < -0.39 is 0 Å². The lowest BCUT2D eigenvalue weighted by atomic mass is 9.89. The van der Waals surface area contributed by atoms with Gasteiger partial charge in [-0.1, -0.05) is 37.5 Å². The van der Waals surface area contributed by atoms with E-state index in [4.69, 9.17) is 0 Å². The first-order chi connectivity index (χ1) is 5.93. The first-order valence-corrected chi connectivity index (χ1v) is 5.21. The second kappa shape index (κ2) is 6.05. The molecule has 0 spiro atoms. The highest BCUT2D eigenvalue weighted by Gasteiger charge is 2.08. The number of unbranched alkanes of at least 4 members (excludes halogenated alkanes) is 1. The maximum atomic E-state index is 3.71. The van der Waals surface area contributed by atoms with Gasteiger partial charge in [-0.25, -0.2) is 0 Å². The van der Waals surface area contributed by atoms with Gasteiger partial charge < -0.3 is 0 Å². The highest BCUT2D eigenvalue weighted by atomic mass is 14.1. The van der Waals surface area contributed by atoms with E-state index in [1.807, 2.05) is 6.08 Å². The molecular weight excluding hydrogens is 144 g/mol. The largest absolute Gasteiger partial charge is 0.103 e. The lowest BCUT2D eigenvalue weighted by Gasteiger charge is -2.17. The van der Waals surface area contributed by atoms with E-state index in [-0.39, 0.29) is 0 Å². The third-order valence-electron chi connectivity index (χ3n) is 2.60. The predicted molar refractivity (Wildman–Crippen MR) is 55.1 cm³/mol. The Morgan fingerprint density at radius 1 is 1.08 bits per heavy atom. The molecule has 0 aromatic heterocycles. The summed E-state index contributed by atoms with van der Waals surface area (Å²) in [6.07, 6.45) is 16.2. The fourth-order valence-electron chi connectivity index (χ4n) is 1.83. The Bertz CT molecular complexity index is 138. The van der Waals surface area contributed by atoms with Crippen molar-refractivity contribution in [3.8, 4) is 0 Å². The van der Waals surface area contributed by atoms with E-state index in [0.29, 0.717) is 0 Å². The minimum atomic E-state index is 0.892. The molecule has 0 radical (unpaired) electrons. The van der Waals surface area contributed by atoms with Crippen LogP contribution in [0, 0.1) is 5.92 Å². The van der Waals surface area contributed by atoms with Crippen LogP contribution in [0.2, 0.25) is 0 Å². The first kappa shape index (κ1) is 9.57. The number of rotatable bonds is 4. The monoisotopic (exact) mass is 164 g/mol. The van der Waals surface area contributed by atoms with Gasteiger partial charge in [0.05, 0.1) is 0 Å². The molecule has 0 amide bonds. The Morgan fingerprint density at radius 3 is 2.50 bits per heavy atom. The van der Waals surface area contributed by atoms with Crippen molar-refractivity contribution in [2.24, 2.45) is 5.92 Å². The predicted octanol–water partition coefficient (Wildman–Crippen LogP) is 4.09. The maximum Gasteiger partial charge on any atom is -0.0234 e. The molecule has 1 aliphatic carbocycles. The van der Waals surface area contributed by atoms with Crippen LogP contribution in [0.5, 0.6) is 0 Å². The van der Waals surface area contributed by atoms with Crippen molar-refractivity contribution in [2.45, 2.75) is 44.9 Å². The van der Waals surface area contributed by atoms with Gasteiger partial charge in [0, 0.05) is 0 Å². The summed E-state index contributed by atoms with van der Waals surface area (Å²) in [6, 6.07) is 0. The zero-order valence-electron chi connectivity index (χ0n) is 7.97. The van der Waals surface area contributed by atoms with Crippen LogP contribution in [-0.4, -0.2) is 0 Å². The van der Waals surface area contributed by atoms with Crippen LogP contribution in [0.15, 0.2) is 24.8 Å². The Kier molecular flexibility index (Phi) is 4.82. The molecule has 12 heavy (non-hydrogen) atoms. The number of hydrogen-bond acceptors (Lipinski definition) is 0. The van der Waals surface area contributed by atoms with Crippen molar-refractivity contribution in [1.29, 1.82) is 0 Å². The first-order valence-electron chi connectivity index (χ1n) is 5.21. The molecule has 0 N–H and O–H groups in total. The molecule has 0 bridgehead atoms. The summed E-state index contributed by atoms with van der Waals surface area (Å²) in [5, 5.41) is 0. The van der Waals surface area contributed by atoms with E-state index in [0.717, 1.165) is 12.3 Å². The highest BCUT2D eigenvalue weighted by molar-refractivity contribution is 4.90. The SMILES string of the molecule is C=CCC/C=C/C1CCCCC1. The number of allylic oxidation sites excluding steroid dienone is 3. The maximum absolute atomic E-state index is 3.71. The Hall–Kier alpha value is -0.520. The van der Waals surface area contributed by atoms with Crippen molar-refractivity contribution >= 4 is 0 Å². The standard InChI is InChI=1S/C12H20/c1-2-3-4-6-9-12-10-7-5-8-11-12/h2,6,9,12H,1,3-5,7-8,10-11H2/b9-6+. The quantitative estimate of drug-likeness (QED) is 0.433. The molecule has 0 aromatic carbocycles. The molecule has 1 fully saturated rings. The molecule has 0 heteroatoms. The molecule has 0 unspecified atom stereocenters. The Balaban J connectivity index is 2.10. The van der Waals surface area contributed by atoms with Crippen molar-refractivity contribution in [1.82, 2.24) is 0 Å². The lowest BCUT2D eigenvalue weighted by molar-refractivity contribution is 0.419. The third-order valence-corrected chi connectivity index (χ3v) is 2.60. The zero-order valence-corrected chi connectivity index (χ0v) is 7.97. The molecule has 1 saturated carbocycles. The average Bonchev–Trinajstić information content (AvgIpc) is 2.14. The fourth-order valence-corrected chi connectivity index (χ4v) is 1.83. The van der Waals surface area contributed by atoms with Crippen molar-refractivity contribution in [2.75, 3.05) is 0 Å². The molecule has 0 aromatic rings. The Morgan fingerprint density at radius 2 is 1.83 bits per heavy atom. The van der Waals surface area contributed by atoms with Crippen molar-refractivity contribution in [3.05, 3.63) is 24.8 Å². The second-order valence-corrected chi connectivity index (χ2v) is 3.69. The highest BCUT2D eigenvalue weighted by Crippen LogP contribution is 2.24. The van der Waals surface area contributed by atoms with Crippen LogP contribution in [0.1, 0.15) is 44.9 Å². The van der Waals surface area contributed by atoms with Gasteiger partial charge in [-0.05, 0) is 31.6 Å². The summed E-state index contributed by atoms with van der Waals surface area (Å²) in [5.41, 5.74) is 0. The van der Waals surface area contributed by atoms with Crippen LogP contribution >= 0.6 is 0 Å². The van der Waals surface area contributed by atoms with Gasteiger partial charge in [0.2, 0.25) is 0 Å². The van der Waals surface area contributed by atoms with Crippen LogP contribution < -0.4 is 0 Å². The van der Waals surface area contributed by atoms with Crippen LogP contribution in [0.3, 0.4) is 0 Å². The van der Waals surface area contributed by atoms with E-state index >= 15 is 0 Å². The molecule has 1 aliphatic rings. The molecule has 68 valence electrons. The summed E-state index contributed by atoms with van der Waals surface area (Å²) in [5.74, 6) is 0.892. The smallest absolute Gasteiger partial charge is 0.0234 e. The summed E-state index contributed by atoms with van der Waals surface area (Å²) >= 11 is 0. The molecule has 0 heterocycles.